The number of likely N-dealkylation sites (tertiary alicyclic amines) is 1. The summed E-state index contributed by atoms with van der Waals surface area (Å²) in [7, 11) is 0. The van der Waals surface area contributed by atoms with Crippen molar-refractivity contribution in [3.05, 3.63) is 28.5 Å². The first kappa shape index (κ1) is 21.0. The number of rotatable bonds is 7. The van der Waals surface area contributed by atoms with E-state index in [1.807, 2.05) is 0 Å². The molecule has 2 unspecified atom stereocenters. The van der Waals surface area contributed by atoms with Gasteiger partial charge >= 0.3 is 0 Å². The average Bonchev–Trinajstić information content (AvgIpc) is 3.07. The maximum absolute atomic E-state index is 12.0. The Hall–Kier alpha value is -1.26. The van der Waals surface area contributed by atoms with E-state index in [9.17, 15) is 4.79 Å². The SMILES string of the molecule is CCC/C(=C\C(=N)CN1CC(C(C)=O)CC(C(C)(C)C)C1)c1cccs1. The third kappa shape index (κ3) is 5.88. The number of piperidine rings is 1. The van der Waals surface area contributed by atoms with Crippen molar-refractivity contribution in [2.45, 2.75) is 53.9 Å². The second kappa shape index (κ2) is 9.09. The standard InChI is InChI=1S/C22H34N2OS/c1-6-8-17(21-9-7-10-26-21)12-20(23)15-24-13-18(16(2)25)11-19(14-24)22(3,4)5/h7,9-10,12,18-19,23H,6,8,11,13-15H2,1-5H3/b17-12+,23-20?. The molecule has 1 aliphatic rings. The Morgan fingerprint density at radius 3 is 2.65 bits per heavy atom. The van der Waals surface area contributed by atoms with Crippen LogP contribution in [0.1, 0.15) is 58.8 Å². The van der Waals surface area contributed by atoms with E-state index in [2.05, 4.69) is 56.2 Å². The van der Waals surface area contributed by atoms with Crippen LogP contribution in [0.3, 0.4) is 0 Å². The molecule has 0 saturated carbocycles. The van der Waals surface area contributed by atoms with Crippen molar-refractivity contribution in [3.63, 3.8) is 0 Å². The predicted molar refractivity (Wildman–Crippen MR) is 113 cm³/mol. The molecular weight excluding hydrogens is 340 g/mol. The Bertz CT molecular complexity index is 640. The van der Waals surface area contributed by atoms with Crippen molar-refractivity contribution in [2.75, 3.05) is 19.6 Å². The number of allylic oxidation sites excluding steroid dienone is 1. The number of carbonyl (C=O) groups excluding carboxylic acids is 1. The molecule has 0 spiro atoms. The quantitative estimate of drug-likeness (QED) is 0.638. The molecule has 0 amide bonds. The molecule has 0 radical (unpaired) electrons. The smallest absolute Gasteiger partial charge is 0.134 e. The molecule has 3 nitrogen and oxygen atoms in total. The molecule has 0 aliphatic carbocycles. The van der Waals surface area contributed by atoms with Crippen LogP contribution in [0.25, 0.3) is 5.57 Å². The van der Waals surface area contributed by atoms with Gasteiger partial charge in [-0.15, -0.1) is 11.3 Å². The molecular formula is C22H34N2OS. The van der Waals surface area contributed by atoms with Crippen molar-refractivity contribution in [3.8, 4) is 0 Å². The Balaban J connectivity index is 2.10. The van der Waals surface area contributed by atoms with Crippen LogP contribution < -0.4 is 0 Å². The molecule has 1 N–H and O–H groups in total. The van der Waals surface area contributed by atoms with Crippen LogP contribution in [-0.2, 0) is 4.79 Å². The lowest BCUT2D eigenvalue weighted by Crippen LogP contribution is -2.47. The highest BCUT2D eigenvalue weighted by Crippen LogP contribution is 2.36. The van der Waals surface area contributed by atoms with Gasteiger partial charge in [0, 0.05) is 36.1 Å². The maximum Gasteiger partial charge on any atom is 0.134 e. The highest BCUT2D eigenvalue weighted by molar-refractivity contribution is 7.11. The summed E-state index contributed by atoms with van der Waals surface area (Å²) in [5, 5.41) is 10.6. The molecule has 4 heteroatoms. The van der Waals surface area contributed by atoms with E-state index < -0.39 is 0 Å². The van der Waals surface area contributed by atoms with Crippen LogP contribution in [0.4, 0.5) is 0 Å². The van der Waals surface area contributed by atoms with E-state index in [0.29, 0.717) is 18.2 Å². The van der Waals surface area contributed by atoms with Crippen LogP contribution in [0.2, 0.25) is 0 Å². The fourth-order valence-electron chi connectivity index (χ4n) is 3.74. The van der Waals surface area contributed by atoms with Gasteiger partial charge < -0.3 is 5.41 Å². The van der Waals surface area contributed by atoms with Gasteiger partial charge in [0.2, 0.25) is 0 Å². The Morgan fingerprint density at radius 1 is 1.38 bits per heavy atom. The Labute approximate surface area is 163 Å². The zero-order chi connectivity index (χ0) is 19.3. The number of nitrogens with one attached hydrogen (secondary N) is 1. The van der Waals surface area contributed by atoms with Crippen LogP contribution in [0.15, 0.2) is 23.6 Å². The van der Waals surface area contributed by atoms with Gasteiger partial charge in [0.25, 0.3) is 0 Å². The molecule has 2 rings (SSSR count). The molecule has 1 aromatic heterocycles. The summed E-state index contributed by atoms with van der Waals surface area (Å²) < 4.78 is 0. The number of hydrogen-bond acceptors (Lipinski definition) is 4. The summed E-state index contributed by atoms with van der Waals surface area (Å²) in [5.41, 5.74) is 2.10. The number of thiophene rings is 1. The van der Waals surface area contributed by atoms with Gasteiger partial charge in [0.1, 0.15) is 5.78 Å². The molecule has 0 bridgehead atoms. The minimum absolute atomic E-state index is 0.108. The summed E-state index contributed by atoms with van der Waals surface area (Å²) in [6, 6.07) is 4.21. The highest BCUT2D eigenvalue weighted by Gasteiger charge is 2.35. The maximum atomic E-state index is 12.0. The largest absolute Gasteiger partial charge is 0.304 e. The molecule has 1 aromatic rings. The molecule has 1 saturated heterocycles. The van der Waals surface area contributed by atoms with Crippen LogP contribution >= 0.6 is 11.3 Å². The van der Waals surface area contributed by atoms with Gasteiger partial charge in [-0.3, -0.25) is 9.69 Å². The first-order valence-corrected chi connectivity index (χ1v) is 10.6. The lowest BCUT2D eigenvalue weighted by atomic mass is 9.72. The van der Waals surface area contributed by atoms with Gasteiger partial charge in [-0.2, -0.15) is 0 Å². The van der Waals surface area contributed by atoms with E-state index >= 15 is 0 Å². The first-order valence-electron chi connectivity index (χ1n) is 9.75. The van der Waals surface area contributed by atoms with Crippen LogP contribution in [0, 0.1) is 22.7 Å². The van der Waals surface area contributed by atoms with E-state index in [-0.39, 0.29) is 17.1 Å². The molecule has 1 aliphatic heterocycles. The number of nitrogens with zero attached hydrogens (tertiary/aromatic N) is 1. The van der Waals surface area contributed by atoms with Gasteiger partial charge in [-0.05, 0) is 54.2 Å². The number of Topliss-reactive ketones (excluding diaryl/α,β-unsaturated/α-hetero) is 1. The highest BCUT2D eigenvalue weighted by atomic mass is 32.1. The Kier molecular flexibility index (Phi) is 7.36. The lowest BCUT2D eigenvalue weighted by Gasteiger charge is -2.42. The average molecular weight is 375 g/mol. The van der Waals surface area contributed by atoms with Crippen LogP contribution in [0.5, 0.6) is 0 Å². The monoisotopic (exact) mass is 374 g/mol. The normalized spacial score (nSPS) is 22.4. The minimum Gasteiger partial charge on any atom is -0.304 e. The van der Waals surface area contributed by atoms with Crippen molar-refractivity contribution in [1.82, 2.24) is 4.90 Å². The van der Waals surface area contributed by atoms with E-state index in [4.69, 9.17) is 5.41 Å². The number of ketones is 1. The summed E-state index contributed by atoms with van der Waals surface area (Å²) in [5.74, 6) is 0.891. The fourth-order valence-corrected chi connectivity index (χ4v) is 4.51. The van der Waals surface area contributed by atoms with Crippen molar-refractivity contribution >= 4 is 28.4 Å². The van der Waals surface area contributed by atoms with Crippen molar-refractivity contribution in [1.29, 1.82) is 5.41 Å². The van der Waals surface area contributed by atoms with Crippen molar-refractivity contribution in [2.24, 2.45) is 17.3 Å². The lowest BCUT2D eigenvalue weighted by molar-refractivity contribution is -0.123. The van der Waals surface area contributed by atoms with Crippen LogP contribution in [-0.4, -0.2) is 36.0 Å². The van der Waals surface area contributed by atoms with Gasteiger partial charge in [0.05, 0.1) is 0 Å². The summed E-state index contributed by atoms with van der Waals surface area (Å²) in [4.78, 5) is 15.6. The van der Waals surface area contributed by atoms with E-state index in [0.717, 1.165) is 32.4 Å². The molecule has 144 valence electrons. The summed E-state index contributed by atoms with van der Waals surface area (Å²) in [6.07, 6.45) is 5.12. The molecule has 2 atom stereocenters. The Morgan fingerprint density at radius 2 is 2.12 bits per heavy atom. The van der Waals surface area contributed by atoms with Crippen molar-refractivity contribution < 1.29 is 4.79 Å². The zero-order valence-corrected chi connectivity index (χ0v) is 17.8. The predicted octanol–water partition coefficient (Wildman–Crippen LogP) is 5.52. The molecule has 2 heterocycles. The molecule has 0 aromatic carbocycles. The zero-order valence-electron chi connectivity index (χ0n) is 17.0. The topological polar surface area (TPSA) is 44.2 Å². The summed E-state index contributed by atoms with van der Waals surface area (Å²) in [6.45, 7) is 13.1. The van der Waals surface area contributed by atoms with Gasteiger partial charge in [-0.25, -0.2) is 0 Å². The fraction of sp³-hybridized carbons (Fsp3) is 0.636. The van der Waals surface area contributed by atoms with Gasteiger partial charge in [-0.1, -0.05) is 40.2 Å². The molecule has 26 heavy (non-hydrogen) atoms. The molecule has 1 fully saturated rings. The first-order chi connectivity index (χ1) is 12.2. The minimum atomic E-state index is 0.108. The third-order valence-electron chi connectivity index (χ3n) is 5.43. The summed E-state index contributed by atoms with van der Waals surface area (Å²) >= 11 is 1.74. The van der Waals surface area contributed by atoms with E-state index in [1.54, 1.807) is 18.3 Å². The third-order valence-corrected chi connectivity index (χ3v) is 6.37. The van der Waals surface area contributed by atoms with E-state index in [1.165, 1.54) is 10.5 Å². The number of hydrogen-bond donors (Lipinski definition) is 1. The second-order valence-electron chi connectivity index (χ2n) is 8.72. The number of carbonyl (C=O) groups is 1. The second-order valence-corrected chi connectivity index (χ2v) is 9.67. The van der Waals surface area contributed by atoms with Gasteiger partial charge in [0.15, 0.2) is 0 Å².